The van der Waals surface area contributed by atoms with Crippen LogP contribution in [0.25, 0.3) is 10.8 Å². The fourth-order valence-corrected chi connectivity index (χ4v) is 2.76. The molecule has 3 aromatic rings. The van der Waals surface area contributed by atoms with E-state index in [9.17, 15) is 4.79 Å². The standard InChI is InChI=1S/C16H15N3OS/c1-10(2)15-18-19-16(21-15)17-14(20)13-8-7-11-5-3-4-6-12(11)9-13/h3-10H,1-2H3,(H,17,19,20). The van der Waals surface area contributed by atoms with Crippen LogP contribution >= 0.6 is 11.3 Å². The van der Waals surface area contributed by atoms with E-state index < -0.39 is 0 Å². The van der Waals surface area contributed by atoms with Crippen molar-refractivity contribution < 1.29 is 4.79 Å². The number of nitrogens with zero attached hydrogens (tertiary/aromatic N) is 2. The summed E-state index contributed by atoms with van der Waals surface area (Å²) in [5.41, 5.74) is 0.620. The summed E-state index contributed by atoms with van der Waals surface area (Å²) in [4.78, 5) is 12.3. The third-order valence-electron chi connectivity index (χ3n) is 3.17. The third kappa shape index (κ3) is 2.92. The molecule has 0 bridgehead atoms. The van der Waals surface area contributed by atoms with Crippen molar-refractivity contribution in [1.82, 2.24) is 10.2 Å². The molecule has 0 aliphatic heterocycles. The number of nitrogens with one attached hydrogen (secondary N) is 1. The Morgan fingerprint density at radius 2 is 1.86 bits per heavy atom. The quantitative estimate of drug-likeness (QED) is 0.793. The van der Waals surface area contributed by atoms with Crippen LogP contribution in [-0.4, -0.2) is 16.1 Å². The van der Waals surface area contributed by atoms with Gasteiger partial charge < -0.3 is 0 Å². The SMILES string of the molecule is CC(C)c1nnc(NC(=O)c2ccc3ccccc3c2)s1. The molecule has 0 unspecified atom stereocenters. The van der Waals surface area contributed by atoms with Crippen LogP contribution in [0.4, 0.5) is 5.13 Å². The van der Waals surface area contributed by atoms with E-state index in [-0.39, 0.29) is 5.91 Å². The van der Waals surface area contributed by atoms with Crippen molar-refractivity contribution in [2.75, 3.05) is 5.32 Å². The molecule has 0 aliphatic carbocycles. The van der Waals surface area contributed by atoms with Crippen molar-refractivity contribution in [3.05, 3.63) is 53.0 Å². The number of fused-ring (bicyclic) bond motifs is 1. The predicted octanol–water partition coefficient (Wildman–Crippen LogP) is 4.07. The molecule has 1 aromatic heterocycles. The number of carbonyl (C=O) groups excluding carboxylic acids is 1. The van der Waals surface area contributed by atoms with Gasteiger partial charge in [-0.25, -0.2) is 0 Å². The van der Waals surface area contributed by atoms with Gasteiger partial charge in [0.2, 0.25) is 5.13 Å². The summed E-state index contributed by atoms with van der Waals surface area (Å²) in [6.07, 6.45) is 0. The summed E-state index contributed by atoms with van der Waals surface area (Å²) in [5.74, 6) is 0.154. The molecule has 0 spiro atoms. The van der Waals surface area contributed by atoms with Crippen LogP contribution in [0.3, 0.4) is 0 Å². The number of hydrogen-bond acceptors (Lipinski definition) is 4. The first-order chi connectivity index (χ1) is 10.1. The normalized spacial score (nSPS) is 11.0. The summed E-state index contributed by atoms with van der Waals surface area (Å²) >= 11 is 1.41. The zero-order chi connectivity index (χ0) is 14.8. The van der Waals surface area contributed by atoms with Gasteiger partial charge in [0, 0.05) is 11.5 Å². The first-order valence-electron chi connectivity index (χ1n) is 6.77. The van der Waals surface area contributed by atoms with Crippen molar-refractivity contribution >= 4 is 33.1 Å². The van der Waals surface area contributed by atoms with E-state index in [1.807, 2.05) is 42.5 Å². The first kappa shape index (κ1) is 13.7. The summed E-state index contributed by atoms with van der Waals surface area (Å²) in [6.45, 7) is 4.10. The van der Waals surface area contributed by atoms with E-state index in [2.05, 4.69) is 29.4 Å². The maximum absolute atomic E-state index is 12.3. The molecule has 106 valence electrons. The highest BCUT2D eigenvalue weighted by atomic mass is 32.1. The number of carbonyl (C=O) groups is 1. The fraction of sp³-hybridized carbons (Fsp3) is 0.188. The average molecular weight is 297 g/mol. The Labute approximate surface area is 126 Å². The second-order valence-electron chi connectivity index (χ2n) is 5.12. The molecule has 0 saturated heterocycles. The van der Waals surface area contributed by atoms with Gasteiger partial charge in [-0.15, -0.1) is 10.2 Å². The molecule has 3 rings (SSSR count). The summed E-state index contributed by atoms with van der Waals surface area (Å²) in [6, 6.07) is 13.6. The van der Waals surface area contributed by atoms with Crippen LogP contribution in [0.15, 0.2) is 42.5 Å². The van der Waals surface area contributed by atoms with Gasteiger partial charge in [0.1, 0.15) is 5.01 Å². The van der Waals surface area contributed by atoms with Gasteiger partial charge in [-0.3, -0.25) is 10.1 Å². The number of rotatable bonds is 3. The van der Waals surface area contributed by atoms with Crippen LogP contribution in [0.5, 0.6) is 0 Å². The van der Waals surface area contributed by atoms with Gasteiger partial charge in [0.25, 0.3) is 5.91 Å². The smallest absolute Gasteiger partial charge is 0.257 e. The van der Waals surface area contributed by atoms with Crippen LogP contribution in [0, 0.1) is 0 Å². The van der Waals surface area contributed by atoms with Crippen LogP contribution in [0.1, 0.15) is 35.1 Å². The number of benzene rings is 2. The van der Waals surface area contributed by atoms with Crippen molar-refractivity contribution in [3.8, 4) is 0 Å². The Hall–Kier alpha value is -2.27. The number of aromatic nitrogens is 2. The largest absolute Gasteiger partial charge is 0.296 e. The lowest BCUT2D eigenvalue weighted by Crippen LogP contribution is -2.11. The zero-order valence-corrected chi connectivity index (χ0v) is 12.6. The molecule has 1 N–H and O–H groups in total. The van der Waals surface area contributed by atoms with Crippen molar-refractivity contribution in [2.24, 2.45) is 0 Å². The Kier molecular flexibility index (Phi) is 3.66. The van der Waals surface area contributed by atoms with Gasteiger partial charge >= 0.3 is 0 Å². The van der Waals surface area contributed by atoms with Crippen LogP contribution in [-0.2, 0) is 0 Å². The second kappa shape index (κ2) is 5.61. The van der Waals surface area contributed by atoms with Crippen molar-refractivity contribution in [2.45, 2.75) is 19.8 Å². The molecule has 21 heavy (non-hydrogen) atoms. The highest BCUT2D eigenvalue weighted by molar-refractivity contribution is 7.15. The van der Waals surface area contributed by atoms with E-state index in [4.69, 9.17) is 0 Å². The van der Waals surface area contributed by atoms with E-state index >= 15 is 0 Å². The fourth-order valence-electron chi connectivity index (χ4n) is 2.02. The van der Waals surface area contributed by atoms with Gasteiger partial charge in [0.15, 0.2) is 0 Å². The predicted molar refractivity (Wildman–Crippen MR) is 85.9 cm³/mol. The lowest BCUT2D eigenvalue weighted by Gasteiger charge is -2.03. The highest BCUT2D eigenvalue weighted by Crippen LogP contribution is 2.23. The monoisotopic (exact) mass is 297 g/mol. The van der Waals surface area contributed by atoms with Gasteiger partial charge in [-0.1, -0.05) is 55.5 Å². The van der Waals surface area contributed by atoms with Crippen molar-refractivity contribution in [3.63, 3.8) is 0 Å². The molecule has 0 aliphatic rings. The third-order valence-corrected chi connectivity index (χ3v) is 4.31. The summed E-state index contributed by atoms with van der Waals surface area (Å²) < 4.78 is 0. The first-order valence-corrected chi connectivity index (χ1v) is 7.58. The maximum Gasteiger partial charge on any atom is 0.257 e. The molecular formula is C16H15N3OS. The van der Waals surface area contributed by atoms with Crippen LogP contribution in [0.2, 0.25) is 0 Å². The molecule has 0 radical (unpaired) electrons. The molecule has 2 aromatic carbocycles. The Morgan fingerprint density at radius 3 is 2.57 bits per heavy atom. The summed E-state index contributed by atoms with van der Waals surface area (Å²) in [7, 11) is 0. The Morgan fingerprint density at radius 1 is 1.10 bits per heavy atom. The molecule has 1 amide bonds. The van der Waals surface area contributed by atoms with E-state index in [1.54, 1.807) is 0 Å². The minimum absolute atomic E-state index is 0.160. The highest BCUT2D eigenvalue weighted by Gasteiger charge is 2.12. The lowest BCUT2D eigenvalue weighted by molar-refractivity contribution is 0.102. The zero-order valence-electron chi connectivity index (χ0n) is 11.8. The molecule has 0 saturated carbocycles. The lowest BCUT2D eigenvalue weighted by atomic mass is 10.1. The average Bonchev–Trinajstić information content (AvgIpc) is 2.95. The Bertz CT molecular complexity index is 795. The molecule has 4 nitrogen and oxygen atoms in total. The maximum atomic E-state index is 12.3. The minimum atomic E-state index is -0.160. The number of amides is 1. The topological polar surface area (TPSA) is 54.9 Å². The molecular weight excluding hydrogens is 282 g/mol. The molecule has 1 heterocycles. The van der Waals surface area contributed by atoms with Gasteiger partial charge in [-0.2, -0.15) is 0 Å². The number of hydrogen-bond donors (Lipinski definition) is 1. The number of anilines is 1. The molecule has 0 fully saturated rings. The van der Waals surface area contributed by atoms with Crippen molar-refractivity contribution in [1.29, 1.82) is 0 Å². The molecule has 5 heteroatoms. The van der Waals surface area contributed by atoms with Gasteiger partial charge in [-0.05, 0) is 22.9 Å². The summed E-state index contributed by atoms with van der Waals surface area (Å²) in [5, 5.41) is 14.5. The van der Waals surface area contributed by atoms with E-state index in [1.165, 1.54) is 11.3 Å². The van der Waals surface area contributed by atoms with E-state index in [0.717, 1.165) is 15.8 Å². The second-order valence-corrected chi connectivity index (χ2v) is 6.13. The Balaban J connectivity index is 1.82. The van der Waals surface area contributed by atoms with Gasteiger partial charge in [0.05, 0.1) is 0 Å². The molecule has 0 atom stereocenters. The van der Waals surface area contributed by atoms with Crippen LogP contribution < -0.4 is 5.32 Å². The van der Waals surface area contributed by atoms with E-state index in [0.29, 0.717) is 16.6 Å². The minimum Gasteiger partial charge on any atom is -0.296 e.